The van der Waals surface area contributed by atoms with Crippen LogP contribution in [0.1, 0.15) is 19.8 Å². The van der Waals surface area contributed by atoms with E-state index in [1.807, 2.05) is 6.92 Å². The molecule has 0 radical (unpaired) electrons. The first kappa shape index (κ1) is 15.8. The minimum Gasteiger partial charge on any atom is -0.456 e. The van der Waals surface area contributed by atoms with Crippen LogP contribution in [-0.2, 0) is 8.91 Å². The summed E-state index contributed by atoms with van der Waals surface area (Å²) >= 11 is 0. The summed E-state index contributed by atoms with van der Waals surface area (Å²) < 4.78 is 6.18. The predicted molar refractivity (Wildman–Crippen MR) is 75.8 cm³/mol. The van der Waals surface area contributed by atoms with Crippen LogP contribution in [0.2, 0.25) is 38.8 Å². The highest BCUT2D eigenvalue weighted by Crippen LogP contribution is 2.20. The number of carbonyl (C=O) groups is 1. The number of hydrogen-bond donors (Lipinski definition) is 0. The van der Waals surface area contributed by atoms with E-state index in [2.05, 4.69) is 39.3 Å². The topological polar surface area (TPSA) is 26.3 Å². The molecule has 0 heterocycles. The van der Waals surface area contributed by atoms with Crippen LogP contribution in [0.4, 0.5) is 0 Å². The summed E-state index contributed by atoms with van der Waals surface area (Å²) in [6.45, 7) is 16.7. The summed E-state index contributed by atoms with van der Waals surface area (Å²) in [5.74, 6) is 0.298. The largest absolute Gasteiger partial charge is 0.456 e. The molecule has 0 aliphatic carbocycles. The lowest BCUT2D eigenvalue weighted by Gasteiger charge is -2.31. The summed E-state index contributed by atoms with van der Waals surface area (Å²) in [5, 5.41) is 0. The molecular formula is C12H26O2Si2. The molecule has 16 heavy (non-hydrogen) atoms. The highest BCUT2D eigenvalue weighted by Gasteiger charge is 2.29. The molecule has 0 aliphatic rings. The van der Waals surface area contributed by atoms with Crippen molar-refractivity contribution in [3.8, 4) is 0 Å². The van der Waals surface area contributed by atoms with E-state index < -0.39 is 16.6 Å². The summed E-state index contributed by atoms with van der Waals surface area (Å²) in [6.07, 6.45) is 1.17. The van der Waals surface area contributed by atoms with Crippen LogP contribution in [0.5, 0.6) is 0 Å². The van der Waals surface area contributed by atoms with Crippen molar-refractivity contribution in [3.05, 3.63) is 12.2 Å². The zero-order valence-electron chi connectivity index (χ0n) is 11.6. The first-order chi connectivity index (χ1) is 7.02. The molecule has 0 aromatic heterocycles. The Morgan fingerprint density at radius 3 is 2.06 bits per heavy atom. The van der Waals surface area contributed by atoms with Gasteiger partial charge in [-0.15, -0.1) is 0 Å². The second-order valence-electron chi connectivity index (χ2n) is 6.15. The lowest BCUT2D eigenvalue weighted by atomic mass is 10.1. The van der Waals surface area contributed by atoms with Crippen molar-refractivity contribution in [3.63, 3.8) is 0 Å². The van der Waals surface area contributed by atoms with E-state index in [0.29, 0.717) is 18.6 Å². The van der Waals surface area contributed by atoms with Crippen LogP contribution >= 0.6 is 0 Å². The minimum atomic E-state index is -1.64. The Balaban J connectivity index is 4.08. The van der Waals surface area contributed by atoms with Crippen molar-refractivity contribution in [2.24, 2.45) is 0 Å². The highest BCUT2D eigenvalue weighted by atomic mass is 28.4. The Morgan fingerprint density at radius 1 is 1.19 bits per heavy atom. The first-order valence-electron chi connectivity index (χ1n) is 5.88. The fourth-order valence-corrected chi connectivity index (χ4v) is 9.67. The number of Topliss-reactive ketones (excluding diaryl/α,β-unsaturated/α-hetero) is 1. The van der Waals surface area contributed by atoms with Crippen LogP contribution in [0.25, 0.3) is 0 Å². The van der Waals surface area contributed by atoms with Crippen molar-refractivity contribution in [1.29, 1.82) is 0 Å². The predicted octanol–water partition coefficient (Wildman–Crippen LogP) is 3.97. The summed E-state index contributed by atoms with van der Waals surface area (Å²) in [4.78, 5) is 11.6. The maximum atomic E-state index is 11.6. The van der Waals surface area contributed by atoms with E-state index in [-0.39, 0.29) is 0 Å². The van der Waals surface area contributed by atoms with E-state index >= 15 is 0 Å². The van der Waals surface area contributed by atoms with E-state index in [1.165, 1.54) is 0 Å². The fourth-order valence-electron chi connectivity index (χ4n) is 1.75. The Morgan fingerprint density at radius 2 is 1.69 bits per heavy atom. The van der Waals surface area contributed by atoms with E-state index in [0.717, 1.165) is 11.6 Å². The SMILES string of the molecule is C=C(C)CC(=O)CC[Si](C)(C)O[Si](C)(C)C. The van der Waals surface area contributed by atoms with Crippen molar-refractivity contribution in [2.75, 3.05) is 0 Å². The van der Waals surface area contributed by atoms with Gasteiger partial charge in [0.05, 0.1) is 0 Å². The zero-order chi connectivity index (χ0) is 13.0. The Bertz CT molecular complexity index is 265. The Labute approximate surface area is 102 Å². The third-order valence-corrected chi connectivity index (χ3v) is 8.20. The molecule has 0 bridgehead atoms. The standard InChI is InChI=1S/C12H26O2Si2/c1-11(2)10-12(13)8-9-16(6,7)14-15(3,4)5/h1,8-10H2,2-7H3. The molecule has 0 fully saturated rings. The van der Waals surface area contributed by atoms with E-state index in [1.54, 1.807) is 0 Å². The molecule has 0 amide bonds. The average Bonchev–Trinajstić information content (AvgIpc) is 1.95. The molecule has 2 nitrogen and oxygen atoms in total. The molecule has 0 saturated carbocycles. The van der Waals surface area contributed by atoms with Crippen LogP contribution < -0.4 is 0 Å². The fraction of sp³-hybridized carbons (Fsp3) is 0.750. The maximum Gasteiger partial charge on any atom is 0.173 e. The number of rotatable bonds is 7. The lowest BCUT2D eigenvalue weighted by molar-refractivity contribution is -0.118. The van der Waals surface area contributed by atoms with Crippen molar-refractivity contribution in [2.45, 2.75) is 58.5 Å². The van der Waals surface area contributed by atoms with Gasteiger partial charge in [0.2, 0.25) is 0 Å². The molecule has 0 atom stereocenters. The summed E-state index contributed by atoms with van der Waals surface area (Å²) in [7, 11) is -3.11. The second kappa shape index (κ2) is 5.93. The third kappa shape index (κ3) is 9.06. The molecule has 4 heteroatoms. The van der Waals surface area contributed by atoms with Crippen LogP contribution in [0, 0.1) is 0 Å². The van der Waals surface area contributed by atoms with E-state index in [4.69, 9.17) is 4.12 Å². The summed E-state index contributed by atoms with van der Waals surface area (Å²) in [5.41, 5.74) is 0.954. The lowest BCUT2D eigenvalue weighted by Crippen LogP contribution is -2.42. The average molecular weight is 259 g/mol. The third-order valence-electron chi connectivity index (χ3n) is 2.09. The van der Waals surface area contributed by atoms with Gasteiger partial charge in [-0.2, -0.15) is 0 Å². The Kier molecular flexibility index (Phi) is 5.86. The molecule has 0 aliphatic heterocycles. The summed E-state index contributed by atoms with van der Waals surface area (Å²) in [6, 6.07) is 0.934. The van der Waals surface area contributed by atoms with Gasteiger partial charge in [-0.05, 0) is 45.7 Å². The minimum absolute atomic E-state index is 0.298. The number of carbonyl (C=O) groups excluding carboxylic acids is 1. The van der Waals surface area contributed by atoms with Gasteiger partial charge in [-0.1, -0.05) is 12.2 Å². The van der Waals surface area contributed by atoms with Gasteiger partial charge in [0.1, 0.15) is 5.78 Å². The Hall–Kier alpha value is -0.196. The van der Waals surface area contributed by atoms with E-state index in [9.17, 15) is 4.79 Å². The molecule has 0 rings (SSSR count). The molecule has 0 aromatic rings. The van der Waals surface area contributed by atoms with Gasteiger partial charge in [-0.3, -0.25) is 4.79 Å². The molecule has 0 saturated heterocycles. The quantitative estimate of drug-likeness (QED) is 0.510. The zero-order valence-corrected chi connectivity index (χ0v) is 13.6. The number of ketones is 1. The van der Waals surface area contributed by atoms with Gasteiger partial charge < -0.3 is 4.12 Å². The molecular weight excluding hydrogens is 232 g/mol. The van der Waals surface area contributed by atoms with Crippen LogP contribution in [-0.4, -0.2) is 22.4 Å². The number of hydrogen-bond acceptors (Lipinski definition) is 2. The second-order valence-corrected chi connectivity index (χ2v) is 15.2. The first-order valence-corrected chi connectivity index (χ1v) is 12.4. The van der Waals surface area contributed by atoms with Crippen LogP contribution in [0.15, 0.2) is 12.2 Å². The molecule has 94 valence electrons. The van der Waals surface area contributed by atoms with Crippen LogP contribution in [0.3, 0.4) is 0 Å². The van der Waals surface area contributed by atoms with Crippen molar-refractivity contribution >= 4 is 22.4 Å². The van der Waals surface area contributed by atoms with Gasteiger partial charge in [-0.25, -0.2) is 0 Å². The van der Waals surface area contributed by atoms with Gasteiger partial charge in [0.15, 0.2) is 16.6 Å². The molecule has 0 aromatic carbocycles. The van der Waals surface area contributed by atoms with Crippen molar-refractivity contribution < 1.29 is 8.91 Å². The van der Waals surface area contributed by atoms with Crippen molar-refractivity contribution in [1.82, 2.24) is 0 Å². The molecule has 0 unspecified atom stereocenters. The molecule has 0 N–H and O–H groups in total. The molecule has 0 spiro atoms. The van der Waals surface area contributed by atoms with Gasteiger partial charge in [0, 0.05) is 12.8 Å². The smallest absolute Gasteiger partial charge is 0.173 e. The number of allylic oxidation sites excluding steroid dienone is 1. The highest BCUT2D eigenvalue weighted by molar-refractivity contribution is 6.84. The maximum absolute atomic E-state index is 11.6. The van der Waals surface area contributed by atoms with Gasteiger partial charge >= 0.3 is 0 Å². The monoisotopic (exact) mass is 258 g/mol. The normalized spacial score (nSPS) is 12.6. The van der Waals surface area contributed by atoms with Gasteiger partial charge in [0.25, 0.3) is 0 Å².